The molecule has 0 radical (unpaired) electrons. The van der Waals surface area contributed by atoms with Gasteiger partial charge in [-0.1, -0.05) is 18.2 Å². The molecule has 0 spiro atoms. The summed E-state index contributed by atoms with van der Waals surface area (Å²) >= 11 is 1.71. The maximum absolute atomic E-state index is 13.0. The van der Waals surface area contributed by atoms with Gasteiger partial charge in [0.1, 0.15) is 5.82 Å². The van der Waals surface area contributed by atoms with E-state index in [0.29, 0.717) is 48.4 Å². The molecule has 1 N–H and O–H groups in total. The summed E-state index contributed by atoms with van der Waals surface area (Å²) in [4.78, 5) is 15.1. The zero-order valence-electron chi connectivity index (χ0n) is 19.7. The Bertz CT molecular complexity index is 1410. The third kappa shape index (κ3) is 5.16. The summed E-state index contributed by atoms with van der Waals surface area (Å²) in [6, 6.07) is 19.7. The van der Waals surface area contributed by atoms with E-state index in [1.165, 1.54) is 4.31 Å². The number of nitriles is 1. The van der Waals surface area contributed by atoms with E-state index in [-0.39, 0.29) is 0 Å². The topological polar surface area (TPSA) is 105 Å². The Morgan fingerprint density at radius 2 is 1.72 bits per heavy atom. The van der Waals surface area contributed by atoms with Crippen LogP contribution in [0, 0.1) is 11.3 Å². The van der Waals surface area contributed by atoms with Gasteiger partial charge in [-0.2, -0.15) is 14.6 Å². The molecule has 1 saturated heterocycles. The highest BCUT2D eigenvalue weighted by Gasteiger charge is 2.29. The van der Waals surface area contributed by atoms with Gasteiger partial charge in [-0.25, -0.2) is 13.4 Å². The number of hydrogen-bond donors (Lipinski definition) is 1. The lowest BCUT2D eigenvalue weighted by molar-refractivity contribution is 0.382. The van der Waals surface area contributed by atoms with Gasteiger partial charge in [0.25, 0.3) is 0 Å². The lowest BCUT2D eigenvalue weighted by atomic mass is 10.2. The van der Waals surface area contributed by atoms with E-state index in [1.54, 1.807) is 54.2 Å². The van der Waals surface area contributed by atoms with Crippen molar-refractivity contribution in [1.29, 1.82) is 5.26 Å². The lowest BCUT2D eigenvalue weighted by Crippen LogP contribution is -2.49. The molecule has 5 rings (SSSR count). The van der Waals surface area contributed by atoms with Crippen molar-refractivity contribution in [2.75, 3.05) is 49.3 Å². The van der Waals surface area contributed by atoms with Gasteiger partial charge in [0, 0.05) is 51.2 Å². The molecule has 2 aromatic carbocycles. The van der Waals surface area contributed by atoms with Gasteiger partial charge >= 0.3 is 0 Å². The summed E-state index contributed by atoms with van der Waals surface area (Å²) in [5.74, 6) is 2.04. The maximum atomic E-state index is 13.0. The van der Waals surface area contributed by atoms with Gasteiger partial charge in [-0.05, 0) is 36.4 Å². The molecule has 0 saturated carbocycles. The van der Waals surface area contributed by atoms with Crippen LogP contribution in [-0.2, 0) is 10.0 Å². The minimum absolute atomic E-state index is 0.305. The normalized spacial score (nSPS) is 16.5. The Hall–Kier alpha value is -3.59. The van der Waals surface area contributed by atoms with Crippen LogP contribution in [0.25, 0.3) is 4.91 Å². The highest BCUT2D eigenvalue weighted by Crippen LogP contribution is 2.34. The first-order valence-electron chi connectivity index (χ1n) is 11.4. The van der Waals surface area contributed by atoms with Crippen LogP contribution in [0.2, 0.25) is 0 Å². The van der Waals surface area contributed by atoms with E-state index in [2.05, 4.69) is 22.5 Å². The number of nitrogens with zero attached hydrogens (tertiary/aromatic N) is 6. The Morgan fingerprint density at radius 1 is 1.00 bits per heavy atom. The first kappa shape index (κ1) is 24.1. The van der Waals surface area contributed by atoms with Crippen LogP contribution < -0.4 is 10.2 Å². The summed E-state index contributed by atoms with van der Waals surface area (Å²) < 4.78 is 27.6. The standard InChI is InChI=1S/C25H25N7O2S2/c1-30-17-23(35-18-30)22-15-24(27-20-9-7-19(16-26)8-10-20)29-25(28-22)31-11-13-32(14-12-31)36(33,34)21-5-3-2-4-6-21/h2-10,15,17H,11-14,18H2,1H3,(H,27,28,29). The Labute approximate surface area is 215 Å². The molecule has 2 aliphatic heterocycles. The molecule has 0 bridgehead atoms. The number of aromatic nitrogens is 2. The summed E-state index contributed by atoms with van der Waals surface area (Å²) in [6.07, 6.45) is 2.06. The van der Waals surface area contributed by atoms with Gasteiger partial charge < -0.3 is 15.1 Å². The molecule has 0 aliphatic carbocycles. The number of nitrogens with one attached hydrogen (secondary N) is 1. The summed E-state index contributed by atoms with van der Waals surface area (Å²) in [6.45, 7) is 1.67. The second-order valence-electron chi connectivity index (χ2n) is 8.48. The Morgan fingerprint density at radius 3 is 2.36 bits per heavy atom. The summed E-state index contributed by atoms with van der Waals surface area (Å²) in [7, 11) is -1.52. The van der Waals surface area contributed by atoms with Crippen LogP contribution in [0.1, 0.15) is 11.3 Å². The van der Waals surface area contributed by atoms with Crippen molar-refractivity contribution < 1.29 is 8.42 Å². The monoisotopic (exact) mass is 519 g/mol. The SMILES string of the molecule is CN1C=C(c2cc(Nc3ccc(C#N)cc3)nc(N3CCN(S(=O)(=O)c4ccccc4)CC3)n2)SC1. The predicted octanol–water partition coefficient (Wildman–Crippen LogP) is 3.54. The van der Waals surface area contributed by atoms with Gasteiger partial charge in [0.2, 0.25) is 16.0 Å². The molecule has 184 valence electrons. The third-order valence-corrected chi connectivity index (χ3v) is 8.99. The Balaban J connectivity index is 1.39. The average molecular weight is 520 g/mol. The Kier molecular flexibility index (Phi) is 6.82. The molecule has 2 aliphatic rings. The van der Waals surface area contributed by atoms with E-state index >= 15 is 0 Å². The maximum Gasteiger partial charge on any atom is 0.243 e. The number of anilines is 3. The number of rotatable bonds is 6. The second-order valence-corrected chi connectivity index (χ2v) is 11.4. The summed E-state index contributed by atoms with van der Waals surface area (Å²) in [5, 5.41) is 12.4. The van der Waals surface area contributed by atoms with E-state index < -0.39 is 10.0 Å². The molecular formula is C25H25N7O2S2. The van der Waals surface area contributed by atoms with Gasteiger partial charge in [-0.3, -0.25) is 0 Å². The average Bonchev–Trinajstić information content (AvgIpc) is 3.36. The molecule has 9 nitrogen and oxygen atoms in total. The van der Waals surface area contributed by atoms with Gasteiger partial charge in [0.15, 0.2) is 0 Å². The van der Waals surface area contributed by atoms with Crippen molar-refractivity contribution in [3.8, 4) is 6.07 Å². The fourth-order valence-electron chi connectivity index (χ4n) is 4.00. The van der Waals surface area contributed by atoms with E-state index in [1.807, 2.05) is 30.1 Å². The first-order valence-corrected chi connectivity index (χ1v) is 13.9. The van der Waals surface area contributed by atoms with Crippen LogP contribution >= 0.6 is 11.8 Å². The lowest BCUT2D eigenvalue weighted by Gasteiger charge is -2.34. The molecule has 3 aromatic rings. The first-order chi connectivity index (χ1) is 17.4. The molecule has 1 fully saturated rings. The molecule has 0 amide bonds. The quantitative estimate of drug-likeness (QED) is 0.523. The number of thioether (sulfide) groups is 1. The fraction of sp³-hybridized carbons (Fsp3) is 0.240. The largest absolute Gasteiger partial charge is 0.370 e. The third-order valence-electron chi connectivity index (χ3n) is 5.92. The highest BCUT2D eigenvalue weighted by atomic mass is 32.2. The van der Waals surface area contributed by atoms with Crippen LogP contribution in [0.5, 0.6) is 0 Å². The second kappa shape index (κ2) is 10.2. The van der Waals surface area contributed by atoms with Gasteiger partial charge in [0.05, 0.1) is 33.0 Å². The van der Waals surface area contributed by atoms with Crippen molar-refractivity contribution in [3.63, 3.8) is 0 Å². The van der Waals surface area contributed by atoms with E-state index in [0.717, 1.165) is 22.2 Å². The fourth-order valence-corrected chi connectivity index (χ4v) is 6.37. The zero-order valence-corrected chi connectivity index (χ0v) is 21.3. The smallest absolute Gasteiger partial charge is 0.243 e. The molecular weight excluding hydrogens is 494 g/mol. The van der Waals surface area contributed by atoms with Gasteiger partial charge in [-0.15, -0.1) is 11.8 Å². The van der Waals surface area contributed by atoms with Crippen LogP contribution in [0.15, 0.2) is 71.8 Å². The van der Waals surface area contributed by atoms with Crippen LogP contribution in [-0.4, -0.2) is 66.7 Å². The van der Waals surface area contributed by atoms with Crippen molar-refractivity contribution in [1.82, 2.24) is 19.2 Å². The van der Waals surface area contributed by atoms with Crippen molar-refractivity contribution in [3.05, 3.63) is 78.1 Å². The molecule has 11 heteroatoms. The van der Waals surface area contributed by atoms with Crippen molar-refractivity contribution in [2.45, 2.75) is 4.90 Å². The van der Waals surface area contributed by atoms with E-state index in [4.69, 9.17) is 15.2 Å². The summed E-state index contributed by atoms with van der Waals surface area (Å²) in [5.41, 5.74) is 2.21. The number of hydrogen-bond acceptors (Lipinski definition) is 9. The highest BCUT2D eigenvalue weighted by molar-refractivity contribution is 8.08. The van der Waals surface area contributed by atoms with Crippen molar-refractivity contribution >= 4 is 44.1 Å². The predicted molar refractivity (Wildman–Crippen MR) is 142 cm³/mol. The molecule has 3 heterocycles. The molecule has 0 atom stereocenters. The number of piperazine rings is 1. The molecule has 1 aromatic heterocycles. The zero-order chi connectivity index (χ0) is 25.1. The van der Waals surface area contributed by atoms with Crippen molar-refractivity contribution in [2.24, 2.45) is 0 Å². The van der Waals surface area contributed by atoms with Crippen LogP contribution in [0.3, 0.4) is 0 Å². The minimum atomic E-state index is -3.54. The molecule has 0 unspecified atom stereocenters. The number of sulfonamides is 1. The van der Waals surface area contributed by atoms with E-state index in [9.17, 15) is 8.42 Å². The number of benzene rings is 2. The van der Waals surface area contributed by atoms with Crippen LogP contribution in [0.4, 0.5) is 17.5 Å². The molecule has 36 heavy (non-hydrogen) atoms. The minimum Gasteiger partial charge on any atom is -0.370 e.